The summed E-state index contributed by atoms with van der Waals surface area (Å²) >= 11 is 5.92. The zero-order valence-electron chi connectivity index (χ0n) is 13.0. The Balaban J connectivity index is 2.09. The molecule has 0 aliphatic rings. The molecule has 0 saturated carbocycles. The minimum Gasteiger partial charge on any atom is -0.481 e. The first-order chi connectivity index (χ1) is 10.5. The Morgan fingerprint density at radius 1 is 1.27 bits per heavy atom. The highest BCUT2D eigenvalue weighted by Crippen LogP contribution is 2.22. The maximum Gasteiger partial charge on any atom is 0.265 e. The van der Waals surface area contributed by atoms with E-state index in [1.807, 2.05) is 25.1 Å². The minimum absolute atomic E-state index is 0.177. The number of ether oxygens (including phenoxy) is 1. The molecule has 116 valence electrons. The van der Waals surface area contributed by atoms with Crippen molar-refractivity contribution in [2.24, 2.45) is 0 Å². The van der Waals surface area contributed by atoms with Crippen LogP contribution in [0.25, 0.3) is 0 Å². The summed E-state index contributed by atoms with van der Waals surface area (Å²) in [6.45, 7) is 5.77. The van der Waals surface area contributed by atoms with Crippen molar-refractivity contribution in [3.05, 3.63) is 58.6 Å². The van der Waals surface area contributed by atoms with Crippen LogP contribution in [0.2, 0.25) is 5.02 Å². The van der Waals surface area contributed by atoms with E-state index in [0.29, 0.717) is 10.8 Å². The molecule has 0 heterocycles. The Kier molecular flexibility index (Phi) is 5.45. The lowest BCUT2D eigenvalue weighted by atomic mass is 10.1. The van der Waals surface area contributed by atoms with E-state index in [2.05, 4.69) is 12.2 Å². The van der Waals surface area contributed by atoms with Crippen LogP contribution < -0.4 is 10.1 Å². The second-order valence-corrected chi connectivity index (χ2v) is 5.61. The number of carbonyl (C=O) groups excluding carboxylic acids is 1. The summed E-state index contributed by atoms with van der Waals surface area (Å²) in [5.41, 5.74) is 3.03. The number of aryl methyl sites for hydroxylation is 2. The van der Waals surface area contributed by atoms with Gasteiger partial charge in [-0.1, -0.05) is 42.8 Å². The summed E-state index contributed by atoms with van der Waals surface area (Å²) in [7, 11) is 0. The third-order valence-electron chi connectivity index (χ3n) is 3.47. The van der Waals surface area contributed by atoms with E-state index in [-0.39, 0.29) is 5.91 Å². The van der Waals surface area contributed by atoms with Crippen LogP contribution in [-0.4, -0.2) is 12.0 Å². The molecular weight excluding hydrogens is 298 g/mol. The van der Waals surface area contributed by atoms with E-state index >= 15 is 0 Å². The van der Waals surface area contributed by atoms with E-state index in [1.165, 1.54) is 0 Å². The molecular formula is C18H20ClNO2. The quantitative estimate of drug-likeness (QED) is 0.874. The van der Waals surface area contributed by atoms with Crippen molar-refractivity contribution in [1.29, 1.82) is 0 Å². The molecule has 0 fully saturated rings. The second-order valence-electron chi connectivity index (χ2n) is 5.17. The van der Waals surface area contributed by atoms with Crippen molar-refractivity contribution in [2.75, 3.05) is 5.32 Å². The highest BCUT2D eigenvalue weighted by atomic mass is 35.5. The SMILES string of the molecule is CCc1cccc(C)c1NC(=O)C(C)Oc1cccc(Cl)c1. The van der Waals surface area contributed by atoms with Gasteiger partial charge in [-0.2, -0.15) is 0 Å². The Morgan fingerprint density at radius 2 is 2.00 bits per heavy atom. The van der Waals surface area contributed by atoms with Crippen LogP contribution in [0.15, 0.2) is 42.5 Å². The normalized spacial score (nSPS) is 11.8. The third-order valence-corrected chi connectivity index (χ3v) is 3.70. The van der Waals surface area contributed by atoms with E-state index in [4.69, 9.17) is 16.3 Å². The number of benzene rings is 2. The summed E-state index contributed by atoms with van der Waals surface area (Å²) in [5, 5.41) is 3.55. The zero-order valence-corrected chi connectivity index (χ0v) is 13.8. The van der Waals surface area contributed by atoms with Gasteiger partial charge in [0.1, 0.15) is 5.75 Å². The number of hydrogen-bond acceptors (Lipinski definition) is 2. The number of para-hydroxylation sites is 1. The molecule has 2 aromatic rings. The van der Waals surface area contributed by atoms with Crippen molar-refractivity contribution >= 4 is 23.2 Å². The molecule has 0 bridgehead atoms. The van der Waals surface area contributed by atoms with Gasteiger partial charge in [0.15, 0.2) is 6.10 Å². The van der Waals surface area contributed by atoms with Crippen LogP contribution in [0, 0.1) is 6.92 Å². The Bertz CT molecular complexity index is 670. The van der Waals surface area contributed by atoms with E-state index in [0.717, 1.165) is 23.2 Å². The molecule has 0 aromatic heterocycles. The molecule has 2 aromatic carbocycles. The third kappa shape index (κ3) is 4.01. The first kappa shape index (κ1) is 16.4. The van der Waals surface area contributed by atoms with Crippen molar-refractivity contribution in [1.82, 2.24) is 0 Å². The number of anilines is 1. The highest BCUT2D eigenvalue weighted by molar-refractivity contribution is 6.30. The minimum atomic E-state index is -0.609. The summed E-state index contributed by atoms with van der Waals surface area (Å²) in [6.07, 6.45) is 0.253. The largest absolute Gasteiger partial charge is 0.481 e. The van der Waals surface area contributed by atoms with Gasteiger partial charge in [-0.05, 0) is 49.6 Å². The molecule has 0 radical (unpaired) electrons. The van der Waals surface area contributed by atoms with Crippen LogP contribution in [-0.2, 0) is 11.2 Å². The fraction of sp³-hybridized carbons (Fsp3) is 0.278. The average Bonchev–Trinajstić information content (AvgIpc) is 2.49. The smallest absolute Gasteiger partial charge is 0.265 e. The van der Waals surface area contributed by atoms with Crippen molar-refractivity contribution in [3.8, 4) is 5.75 Å². The van der Waals surface area contributed by atoms with E-state index in [1.54, 1.807) is 31.2 Å². The van der Waals surface area contributed by atoms with Crippen molar-refractivity contribution in [2.45, 2.75) is 33.3 Å². The predicted octanol–water partition coefficient (Wildman–Crippen LogP) is 4.62. The fourth-order valence-corrected chi connectivity index (χ4v) is 2.41. The maximum atomic E-state index is 12.4. The van der Waals surface area contributed by atoms with E-state index in [9.17, 15) is 4.79 Å². The molecule has 4 heteroatoms. The molecule has 0 saturated heterocycles. The molecule has 0 aliphatic heterocycles. The van der Waals surface area contributed by atoms with Crippen LogP contribution in [0.3, 0.4) is 0 Å². The molecule has 2 rings (SSSR count). The summed E-state index contributed by atoms with van der Waals surface area (Å²) < 4.78 is 5.65. The fourth-order valence-electron chi connectivity index (χ4n) is 2.22. The molecule has 3 nitrogen and oxygen atoms in total. The Labute approximate surface area is 136 Å². The van der Waals surface area contributed by atoms with Gasteiger partial charge >= 0.3 is 0 Å². The number of rotatable bonds is 5. The number of hydrogen-bond donors (Lipinski definition) is 1. The average molecular weight is 318 g/mol. The van der Waals surface area contributed by atoms with Crippen LogP contribution in [0.5, 0.6) is 5.75 Å². The predicted molar refractivity (Wildman–Crippen MR) is 90.7 cm³/mol. The number of carbonyl (C=O) groups is 1. The molecule has 0 spiro atoms. The first-order valence-corrected chi connectivity index (χ1v) is 7.70. The molecule has 1 unspecified atom stereocenters. The van der Waals surface area contributed by atoms with Crippen molar-refractivity contribution in [3.63, 3.8) is 0 Å². The molecule has 1 N–H and O–H groups in total. The lowest BCUT2D eigenvalue weighted by molar-refractivity contribution is -0.122. The summed E-state index contributed by atoms with van der Waals surface area (Å²) in [5.74, 6) is 0.402. The number of amides is 1. The van der Waals surface area contributed by atoms with Gasteiger partial charge in [-0.15, -0.1) is 0 Å². The Morgan fingerprint density at radius 3 is 2.68 bits per heavy atom. The molecule has 22 heavy (non-hydrogen) atoms. The lowest BCUT2D eigenvalue weighted by Gasteiger charge is -2.17. The summed E-state index contributed by atoms with van der Waals surface area (Å²) in [4.78, 5) is 12.4. The van der Waals surface area contributed by atoms with Gasteiger partial charge in [-0.25, -0.2) is 0 Å². The monoisotopic (exact) mass is 317 g/mol. The van der Waals surface area contributed by atoms with Gasteiger partial charge in [0.25, 0.3) is 5.91 Å². The standard InChI is InChI=1S/C18H20ClNO2/c1-4-14-8-5-7-12(2)17(14)20-18(21)13(3)22-16-10-6-9-15(19)11-16/h5-11,13H,4H2,1-3H3,(H,20,21). The zero-order chi connectivity index (χ0) is 16.1. The molecule has 1 atom stereocenters. The summed E-state index contributed by atoms with van der Waals surface area (Å²) in [6, 6.07) is 13.0. The maximum absolute atomic E-state index is 12.4. The van der Waals surface area contributed by atoms with Crippen LogP contribution in [0.1, 0.15) is 25.0 Å². The van der Waals surface area contributed by atoms with Gasteiger partial charge in [0, 0.05) is 10.7 Å². The molecule has 1 amide bonds. The van der Waals surface area contributed by atoms with Gasteiger partial charge < -0.3 is 10.1 Å². The van der Waals surface area contributed by atoms with Crippen LogP contribution in [0.4, 0.5) is 5.69 Å². The Hall–Kier alpha value is -2.00. The number of nitrogens with one attached hydrogen (secondary N) is 1. The van der Waals surface area contributed by atoms with Gasteiger partial charge in [0.05, 0.1) is 0 Å². The second kappa shape index (κ2) is 7.32. The number of halogens is 1. The first-order valence-electron chi connectivity index (χ1n) is 7.33. The van der Waals surface area contributed by atoms with Gasteiger partial charge in [0.2, 0.25) is 0 Å². The van der Waals surface area contributed by atoms with Crippen molar-refractivity contribution < 1.29 is 9.53 Å². The molecule has 0 aliphatic carbocycles. The van der Waals surface area contributed by atoms with Crippen LogP contribution >= 0.6 is 11.6 Å². The highest BCUT2D eigenvalue weighted by Gasteiger charge is 2.17. The topological polar surface area (TPSA) is 38.3 Å². The van der Waals surface area contributed by atoms with Gasteiger partial charge in [-0.3, -0.25) is 4.79 Å². The van der Waals surface area contributed by atoms with E-state index < -0.39 is 6.10 Å². The lowest BCUT2D eigenvalue weighted by Crippen LogP contribution is -2.30.